The molecule has 0 N–H and O–H groups in total. The Morgan fingerprint density at radius 2 is 1.80 bits per heavy atom. The minimum absolute atomic E-state index is 0.0324. The average molecular weight is 550 g/mol. The van der Waals surface area contributed by atoms with E-state index in [2.05, 4.69) is 0 Å². The molecule has 5 rings (SSSR count). The molecule has 8 heteroatoms. The summed E-state index contributed by atoms with van der Waals surface area (Å²) in [6.07, 6.45) is 7.80. The van der Waals surface area contributed by atoms with Crippen molar-refractivity contribution in [1.29, 1.82) is 0 Å². The molecule has 3 amide bonds. The van der Waals surface area contributed by atoms with Gasteiger partial charge in [-0.15, -0.1) is 0 Å². The summed E-state index contributed by atoms with van der Waals surface area (Å²) in [5, 5.41) is 0. The van der Waals surface area contributed by atoms with Crippen molar-refractivity contribution in [1.82, 2.24) is 9.80 Å². The van der Waals surface area contributed by atoms with Gasteiger partial charge in [-0.3, -0.25) is 9.69 Å². The largest absolute Gasteiger partial charge is 0.496 e. The number of benzene rings is 2. The van der Waals surface area contributed by atoms with E-state index >= 15 is 0 Å². The van der Waals surface area contributed by atoms with E-state index in [1.165, 1.54) is 25.7 Å². The third-order valence-corrected chi connectivity index (χ3v) is 8.97. The van der Waals surface area contributed by atoms with Gasteiger partial charge < -0.3 is 24.0 Å². The Morgan fingerprint density at radius 3 is 2.50 bits per heavy atom. The zero-order valence-corrected chi connectivity index (χ0v) is 24.4. The molecule has 216 valence electrons. The Morgan fingerprint density at radius 1 is 0.975 bits per heavy atom. The molecule has 0 unspecified atom stereocenters. The standard InChI is InChI=1S/C32H43N3O5/c1-33(2)31(36)19-23-7-9-26(29(18-23)39-4)21-34-13-5-14-35(32(34)37)27-10-11-28(38-3)30(20-27)40-15-12-25-17-22-6-8-24(25)16-22/h7,9-11,18,20,22,24-25H,5-6,8,12-17,19,21H2,1-4H3/t22-,24+,25-/m1/s1. The Bertz CT molecular complexity index is 1220. The number of rotatable bonds is 11. The van der Waals surface area contributed by atoms with Crippen LogP contribution in [-0.4, -0.2) is 69.7 Å². The minimum atomic E-state index is -0.0433. The van der Waals surface area contributed by atoms with E-state index in [0.717, 1.165) is 47.4 Å². The maximum atomic E-state index is 13.6. The van der Waals surface area contributed by atoms with Crippen molar-refractivity contribution >= 4 is 17.6 Å². The van der Waals surface area contributed by atoms with Gasteiger partial charge in [-0.1, -0.05) is 18.6 Å². The Balaban J connectivity index is 1.24. The van der Waals surface area contributed by atoms with Crippen molar-refractivity contribution in [3.05, 3.63) is 47.5 Å². The summed E-state index contributed by atoms with van der Waals surface area (Å²) in [6, 6.07) is 11.5. The number of likely N-dealkylation sites (N-methyl/N-ethyl adjacent to an activating group) is 1. The molecule has 1 heterocycles. The smallest absolute Gasteiger partial charge is 0.324 e. The van der Waals surface area contributed by atoms with Gasteiger partial charge in [0.05, 0.1) is 33.8 Å². The van der Waals surface area contributed by atoms with Gasteiger partial charge >= 0.3 is 6.03 Å². The van der Waals surface area contributed by atoms with Crippen LogP contribution in [-0.2, 0) is 17.8 Å². The zero-order valence-electron chi connectivity index (χ0n) is 24.4. The number of fused-ring (bicyclic) bond motifs is 2. The van der Waals surface area contributed by atoms with E-state index in [9.17, 15) is 9.59 Å². The summed E-state index contributed by atoms with van der Waals surface area (Å²) >= 11 is 0. The lowest BCUT2D eigenvalue weighted by molar-refractivity contribution is -0.127. The Hall–Kier alpha value is -3.42. The fourth-order valence-corrected chi connectivity index (χ4v) is 6.73. The average Bonchev–Trinajstić information content (AvgIpc) is 3.58. The Kier molecular flexibility index (Phi) is 8.72. The van der Waals surface area contributed by atoms with Gasteiger partial charge in [0, 0.05) is 44.5 Å². The van der Waals surface area contributed by atoms with Crippen LogP contribution >= 0.6 is 0 Å². The van der Waals surface area contributed by atoms with E-state index in [0.29, 0.717) is 49.9 Å². The van der Waals surface area contributed by atoms with E-state index in [-0.39, 0.29) is 11.9 Å². The molecule has 2 aromatic rings. The lowest BCUT2D eigenvalue weighted by Crippen LogP contribution is -2.49. The number of hydrogen-bond acceptors (Lipinski definition) is 5. The molecule has 8 nitrogen and oxygen atoms in total. The molecule has 40 heavy (non-hydrogen) atoms. The van der Waals surface area contributed by atoms with Crippen molar-refractivity contribution in [2.75, 3.05) is 52.9 Å². The molecule has 2 bridgehead atoms. The Labute approximate surface area is 238 Å². The van der Waals surface area contributed by atoms with Crippen LogP contribution in [0, 0.1) is 17.8 Å². The fourth-order valence-electron chi connectivity index (χ4n) is 6.73. The first-order chi connectivity index (χ1) is 19.4. The van der Waals surface area contributed by atoms with Crippen LogP contribution < -0.4 is 19.1 Å². The third kappa shape index (κ3) is 6.16. The van der Waals surface area contributed by atoms with Crippen molar-refractivity contribution < 1.29 is 23.8 Å². The molecular weight excluding hydrogens is 506 g/mol. The van der Waals surface area contributed by atoms with E-state index < -0.39 is 0 Å². The lowest BCUT2D eigenvalue weighted by atomic mass is 9.87. The summed E-state index contributed by atoms with van der Waals surface area (Å²) in [7, 11) is 6.77. The quantitative estimate of drug-likeness (QED) is 0.377. The van der Waals surface area contributed by atoms with Crippen molar-refractivity contribution in [3.63, 3.8) is 0 Å². The molecule has 1 saturated heterocycles. The summed E-state index contributed by atoms with van der Waals surface area (Å²) in [5.74, 6) is 4.70. The fraction of sp³-hybridized carbons (Fsp3) is 0.562. The summed E-state index contributed by atoms with van der Waals surface area (Å²) in [4.78, 5) is 31.0. The molecule has 2 aromatic carbocycles. The molecule has 2 saturated carbocycles. The van der Waals surface area contributed by atoms with Crippen LogP contribution in [0.1, 0.15) is 49.7 Å². The number of methoxy groups -OCH3 is 2. The van der Waals surface area contributed by atoms with Crippen molar-refractivity contribution in [2.45, 2.75) is 51.5 Å². The molecule has 0 radical (unpaired) electrons. The first-order valence-corrected chi connectivity index (χ1v) is 14.6. The number of nitrogens with zero attached hydrogens (tertiary/aromatic N) is 3. The maximum absolute atomic E-state index is 13.6. The second-order valence-electron chi connectivity index (χ2n) is 11.7. The summed E-state index contributed by atoms with van der Waals surface area (Å²) < 4.78 is 17.5. The first-order valence-electron chi connectivity index (χ1n) is 14.6. The van der Waals surface area contributed by atoms with Gasteiger partial charge in [0.2, 0.25) is 5.91 Å². The number of amides is 3. The topological polar surface area (TPSA) is 71.6 Å². The normalized spacial score (nSPS) is 22.0. The molecule has 2 aliphatic carbocycles. The van der Waals surface area contributed by atoms with Crippen molar-refractivity contribution in [2.24, 2.45) is 17.8 Å². The number of anilines is 1. The highest BCUT2D eigenvalue weighted by Crippen LogP contribution is 2.49. The molecular formula is C32H43N3O5. The predicted octanol–water partition coefficient (Wildman–Crippen LogP) is 5.37. The van der Waals surface area contributed by atoms with Crippen LogP contribution in [0.3, 0.4) is 0 Å². The molecule has 3 fully saturated rings. The second kappa shape index (κ2) is 12.4. The monoisotopic (exact) mass is 549 g/mol. The molecule has 3 aliphatic rings. The van der Waals surface area contributed by atoms with Gasteiger partial charge in [0.15, 0.2) is 11.5 Å². The molecule has 1 aliphatic heterocycles. The highest BCUT2D eigenvalue weighted by Gasteiger charge is 2.39. The van der Waals surface area contributed by atoms with Crippen LogP contribution in [0.25, 0.3) is 0 Å². The van der Waals surface area contributed by atoms with Crippen LogP contribution in [0.4, 0.5) is 10.5 Å². The van der Waals surface area contributed by atoms with Gasteiger partial charge in [-0.2, -0.15) is 0 Å². The highest BCUT2D eigenvalue weighted by molar-refractivity contribution is 5.93. The first kappa shape index (κ1) is 28.1. The van der Waals surface area contributed by atoms with Gasteiger partial charge in [0.1, 0.15) is 5.75 Å². The van der Waals surface area contributed by atoms with Crippen LogP contribution in [0.15, 0.2) is 36.4 Å². The van der Waals surface area contributed by atoms with Gasteiger partial charge in [-0.05, 0) is 73.6 Å². The number of carbonyl (C=O) groups excluding carboxylic acids is 2. The zero-order chi connectivity index (χ0) is 28.2. The molecule has 0 spiro atoms. The van der Waals surface area contributed by atoms with E-state index in [4.69, 9.17) is 14.2 Å². The predicted molar refractivity (Wildman–Crippen MR) is 155 cm³/mol. The minimum Gasteiger partial charge on any atom is -0.496 e. The van der Waals surface area contributed by atoms with E-state index in [1.807, 2.05) is 46.2 Å². The highest BCUT2D eigenvalue weighted by atomic mass is 16.5. The van der Waals surface area contributed by atoms with Gasteiger partial charge in [-0.25, -0.2) is 4.79 Å². The second-order valence-corrected chi connectivity index (χ2v) is 11.7. The number of ether oxygens (including phenoxy) is 3. The number of urea groups is 1. The van der Waals surface area contributed by atoms with Crippen molar-refractivity contribution in [3.8, 4) is 17.2 Å². The number of hydrogen-bond donors (Lipinski definition) is 0. The molecule has 0 aromatic heterocycles. The summed E-state index contributed by atoms with van der Waals surface area (Å²) in [6.45, 7) is 2.42. The summed E-state index contributed by atoms with van der Waals surface area (Å²) in [5.41, 5.74) is 2.62. The van der Waals surface area contributed by atoms with Crippen LogP contribution in [0.5, 0.6) is 17.2 Å². The maximum Gasteiger partial charge on any atom is 0.324 e. The number of carbonyl (C=O) groups is 2. The lowest BCUT2D eigenvalue weighted by Gasteiger charge is -2.36. The third-order valence-electron chi connectivity index (χ3n) is 8.97. The van der Waals surface area contributed by atoms with Crippen LogP contribution in [0.2, 0.25) is 0 Å². The van der Waals surface area contributed by atoms with Gasteiger partial charge in [0.25, 0.3) is 0 Å². The SMILES string of the molecule is COc1cc(CC(=O)N(C)C)ccc1CN1CCCN(c2ccc(OC)c(OCC[C@@H]3C[C@@H]4CC[C@H]3C4)c2)C1=O. The molecule has 3 atom stereocenters. The van der Waals surface area contributed by atoms with E-state index in [1.54, 1.807) is 33.2 Å².